The third-order valence-electron chi connectivity index (χ3n) is 3.76. The summed E-state index contributed by atoms with van der Waals surface area (Å²) in [7, 11) is 4.11. The van der Waals surface area contributed by atoms with Crippen molar-refractivity contribution < 1.29 is 4.42 Å². The number of anilines is 2. The summed E-state index contributed by atoms with van der Waals surface area (Å²) < 4.78 is 5.57. The maximum absolute atomic E-state index is 5.57. The molecule has 3 aromatic rings. The molecule has 1 aromatic heterocycles. The van der Waals surface area contributed by atoms with Gasteiger partial charge in [-0.25, -0.2) is 0 Å². The number of hydrogen-bond acceptors (Lipinski definition) is 3. The van der Waals surface area contributed by atoms with Crippen molar-refractivity contribution in [3.63, 3.8) is 0 Å². The van der Waals surface area contributed by atoms with Crippen LogP contribution in [0.4, 0.5) is 11.4 Å². The number of nitrogens with zero attached hydrogens (tertiary/aromatic N) is 1. The van der Waals surface area contributed by atoms with Gasteiger partial charge in [0.05, 0.1) is 6.26 Å². The summed E-state index contributed by atoms with van der Waals surface area (Å²) in [5, 5.41) is 4.67. The van der Waals surface area contributed by atoms with Gasteiger partial charge in [0.2, 0.25) is 0 Å². The van der Waals surface area contributed by atoms with E-state index >= 15 is 0 Å². The summed E-state index contributed by atoms with van der Waals surface area (Å²) in [6.45, 7) is 2.89. The Kier molecular flexibility index (Phi) is 3.57. The van der Waals surface area contributed by atoms with Crippen molar-refractivity contribution in [1.29, 1.82) is 0 Å². The first kappa shape index (κ1) is 13.6. The number of fused-ring (bicyclic) bond motifs is 1. The molecule has 0 aliphatic carbocycles. The predicted octanol–water partition coefficient (Wildman–Crippen LogP) is 4.42. The van der Waals surface area contributed by atoms with E-state index < -0.39 is 0 Å². The molecule has 2 aromatic carbocycles. The van der Waals surface area contributed by atoms with Crippen LogP contribution in [0.15, 0.2) is 53.1 Å². The minimum absolute atomic E-state index is 0.763. The highest BCUT2D eigenvalue weighted by atomic mass is 16.3. The molecule has 0 unspecified atom stereocenters. The zero-order valence-electron chi connectivity index (χ0n) is 12.7. The van der Waals surface area contributed by atoms with Crippen molar-refractivity contribution in [3.8, 4) is 0 Å². The Morgan fingerprint density at radius 1 is 1.10 bits per heavy atom. The van der Waals surface area contributed by atoms with Gasteiger partial charge in [-0.3, -0.25) is 0 Å². The second-order valence-corrected chi connectivity index (χ2v) is 5.50. The van der Waals surface area contributed by atoms with Crippen LogP contribution >= 0.6 is 0 Å². The summed E-state index contributed by atoms with van der Waals surface area (Å²) in [4.78, 5) is 2.11. The van der Waals surface area contributed by atoms with Gasteiger partial charge in [0.25, 0.3) is 0 Å². The van der Waals surface area contributed by atoms with E-state index in [-0.39, 0.29) is 0 Å². The molecule has 3 nitrogen and oxygen atoms in total. The van der Waals surface area contributed by atoms with Crippen molar-refractivity contribution in [1.82, 2.24) is 0 Å². The summed E-state index contributed by atoms with van der Waals surface area (Å²) in [5.74, 6) is 0. The number of furan rings is 1. The molecule has 0 aliphatic heterocycles. The lowest BCUT2D eigenvalue weighted by molar-refractivity contribution is 0.611. The summed E-state index contributed by atoms with van der Waals surface area (Å²) in [6, 6.07) is 14.6. The monoisotopic (exact) mass is 280 g/mol. The molecule has 0 aliphatic rings. The Morgan fingerprint density at radius 3 is 2.67 bits per heavy atom. The first-order chi connectivity index (χ1) is 10.1. The molecule has 1 N–H and O–H groups in total. The fourth-order valence-corrected chi connectivity index (χ4v) is 2.48. The molecule has 0 bridgehead atoms. The first-order valence-corrected chi connectivity index (χ1v) is 7.12. The van der Waals surface area contributed by atoms with Crippen LogP contribution < -0.4 is 10.2 Å². The maximum Gasteiger partial charge on any atom is 0.134 e. The molecule has 0 radical (unpaired) electrons. The number of aryl methyl sites for hydroxylation is 1. The second kappa shape index (κ2) is 5.52. The van der Waals surface area contributed by atoms with E-state index in [1.165, 1.54) is 22.2 Å². The Balaban J connectivity index is 1.79. The number of hydrogen-bond donors (Lipinski definition) is 1. The van der Waals surface area contributed by atoms with Crippen molar-refractivity contribution in [2.24, 2.45) is 0 Å². The van der Waals surface area contributed by atoms with Crippen LogP contribution in [0, 0.1) is 6.92 Å². The number of rotatable bonds is 4. The molecule has 3 heteroatoms. The van der Waals surface area contributed by atoms with Gasteiger partial charge in [0.1, 0.15) is 5.58 Å². The largest absolute Gasteiger partial charge is 0.464 e. The summed E-state index contributed by atoms with van der Waals surface area (Å²) >= 11 is 0. The zero-order chi connectivity index (χ0) is 14.8. The minimum atomic E-state index is 0.763. The van der Waals surface area contributed by atoms with Crippen LogP contribution in [0.25, 0.3) is 11.0 Å². The second-order valence-electron chi connectivity index (χ2n) is 5.50. The Labute approximate surface area is 125 Å². The van der Waals surface area contributed by atoms with Gasteiger partial charge < -0.3 is 14.6 Å². The Morgan fingerprint density at radius 2 is 1.90 bits per heavy atom. The number of para-hydroxylation sites is 1. The molecule has 0 spiro atoms. The molecule has 3 rings (SSSR count). The highest BCUT2D eigenvalue weighted by molar-refractivity contribution is 5.81. The topological polar surface area (TPSA) is 28.4 Å². The molecule has 108 valence electrons. The lowest BCUT2D eigenvalue weighted by Crippen LogP contribution is -2.09. The third-order valence-corrected chi connectivity index (χ3v) is 3.76. The molecule has 0 saturated carbocycles. The van der Waals surface area contributed by atoms with Gasteiger partial charge in [0, 0.05) is 43.0 Å². The third kappa shape index (κ3) is 2.72. The predicted molar refractivity (Wildman–Crippen MR) is 89.0 cm³/mol. The average Bonchev–Trinajstić information content (AvgIpc) is 2.89. The minimum Gasteiger partial charge on any atom is -0.464 e. The van der Waals surface area contributed by atoms with Gasteiger partial charge >= 0.3 is 0 Å². The van der Waals surface area contributed by atoms with Crippen molar-refractivity contribution in [2.75, 3.05) is 24.3 Å². The van der Waals surface area contributed by atoms with E-state index in [2.05, 4.69) is 55.5 Å². The fraction of sp³-hybridized carbons (Fsp3) is 0.222. The molecular formula is C18H20N2O. The van der Waals surface area contributed by atoms with E-state index in [4.69, 9.17) is 4.42 Å². The molecule has 0 amide bonds. The highest BCUT2D eigenvalue weighted by Gasteiger charge is 2.06. The van der Waals surface area contributed by atoms with E-state index in [0.29, 0.717) is 0 Å². The van der Waals surface area contributed by atoms with Crippen LogP contribution in [-0.4, -0.2) is 14.1 Å². The van der Waals surface area contributed by atoms with Gasteiger partial charge in [0.15, 0.2) is 0 Å². The molecule has 0 atom stereocenters. The molecule has 0 saturated heterocycles. The van der Waals surface area contributed by atoms with Crippen molar-refractivity contribution in [2.45, 2.75) is 13.5 Å². The smallest absolute Gasteiger partial charge is 0.134 e. The van der Waals surface area contributed by atoms with Crippen LogP contribution in [-0.2, 0) is 6.54 Å². The van der Waals surface area contributed by atoms with Crippen LogP contribution in [0.1, 0.15) is 11.1 Å². The zero-order valence-corrected chi connectivity index (χ0v) is 12.7. The number of nitrogens with one attached hydrogen (secondary N) is 1. The standard InChI is InChI=1S/C18H20N2O/c1-13-10-15(20(2)3)8-9-17(13)19-11-14-12-21-18-7-5-4-6-16(14)18/h4-10,12,19H,11H2,1-3H3. The van der Waals surface area contributed by atoms with Crippen LogP contribution in [0.5, 0.6) is 0 Å². The van der Waals surface area contributed by atoms with Gasteiger partial charge in [-0.15, -0.1) is 0 Å². The van der Waals surface area contributed by atoms with E-state index in [1.54, 1.807) is 0 Å². The lowest BCUT2D eigenvalue weighted by Gasteiger charge is -2.15. The van der Waals surface area contributed by atoms with E-state index in [1.807, 2.05) is 24.5 Å². The van der Waals surface area contributed by atoms with Gasteiger partial charge in [-0.2, -0.15) is 0 Å². The first-order valence-electron chi connectivity index (χ1n) is 7.12. The SMILES string of the molecule is Cc1cc(N(C)C)ccc1NCc1coc2ccccc12. The quantitative estimate of drug-likeness (QED) is 0.767. The number of benzene rings is 2. The summed E-state index contributed by atoms with van der Waals surface area (Å²) in [5.41, 5.74) is 5.74. The van der Waals surface area contributed by atoms with E-state index in [0.717, 1.165) is 17.8 Å². The van der Waals surface area contributed by atoms with Gasteiger partial charge in [-0.1, -0.05) is 18.2 Å². The Hall–Kier alpha value is -2.42. The maximum atomic E-state index is 5.57. The molecule has 0 fully saturated rings. The normalized spacial score (nSPS) is 10.8. The lowest BCUT2D eigenvalue weighted by atomic mass is 10.1. The Bertz CT molecular complexity index is 759. The molecular weight excluding hydrogens is 260 g/mol. The van der Waals surface area contributed by atoms with E-state index in [9.17, 15) is 0 Å². The van der Waals surface area contributed by atoms with Crippen LogP contribution in [0.2, 0.25) is 0 Å². The van der Waals surface area contributed by atoms with Crippen molar-refractivity contribution >= 4 is 22.3 Å². The van der Waals surface area contributed by atoms with Gasteiger partial charge in [-0.05, 0) is 36.8 Å². The molecule has 1 heterocycles. The van der Waals surface area contributed by atoms with Crippen molar-refractivity contribution in [3.05, 3.63) is 59.9 Å². The average molecular weight is 280 g/mol. The molecule has 21 heavy (non-hydrogen) atoms. The summed E-state index contributed by atoms with van der Waals surface area (Å²) in [6.07, 6.45) is 1.83. The fourth-order valence-electron chi connectivity index (χ4n) is 2.48. The van der Waals surface area contributed by atoms with Crippen LogP contribution in [0.3, 0.4) is 0 Å². The highest BCUT2D eigenvalue weighted by Crippen LogP contribution is 2.24.